The third kappa shape index (κ3) is 78.7. The van der Waals surface area contributed by atoms with E-state index in [0.717, 1.165) is 11.8 Å². The Hall–Kier alpha value is 0.314. The molecule has 0 aromatic heterocycles. The second-order valence-electron chi connectivity index (χ2n) is 36.1. The second-order valence-corrected chi connectivity index (χ2v) is 44.8. The van der Waals surface area contributed by atoms with Crippen LogP contribution in [0.4, 0.5) is 0 Å². The van der Waals surface area contributed by atoms with Crippen molar-refractivity contribution in [2.24, 2.45) is 11.8 Å². The normalized spacial score (nSPS) is 13.2. The molecule has 0 amide bonds. The molecule has 5 heteroatoms. The average molecular weight is 1400 g/mol. The van der Waals surface area contributed by atoms with Crippen molar-refractivity contribution in [1.82, 2.24) is 0 Å². The van der Waals surface area contributed by atoms with E-state index in [9.17, 15) is 0 Å². The average Bonchev–Trinajstić information content (AvgIpc) is 1.03. The number of rotatable bonds is 74. The van der Waals surface area contributed by atoms with Crippen LogP contribution in [0.15, 0.2) is 0 Å². The largest absolute Gasteiger partial charge is 0.455 e. The Balaban J connectivity index is -0.00000139. The highest BCUT2D eigenvalue weighted by Gasteiger charge is 2.37. The van der Waals surface area contributed by atoms with E-state index >= 15 is 0 Å². The fourth-order valence-electron chi connectivity index (χ4n) is 16.2. The molecule has 0 heterocycles. The lowest BCUT2D eigenvalue weighted by molar-refractivity contribution is -0.131. The highest BCUT2D eigenvalue weighted by molar-refractivity contribution is 6.84. The molecule has 0 aliphatic carbocycles. The van der Waals surface area contributed by atoms with E-state index in [1.165, 1.54) is 423 Å². The number of unbranched alkanes of at least 4 members (excludes halogenated alkanes) is 48. The molecule has 2 atom stereocenters. The summed E-state index contributed by atoms with van der Waals surface area (Å²) in [5.41, 5.74) is 0.0714. The van der Waals surface area contributed by atoms with Gasteiger partial charge in [0.1, 0.15) is 0 Å². The van der Waals surface area contributed by atoms with Gasteiger partial charge in [-0.25, -0.2) is 0 Å². The summed E-state index contributed by atoms with van der Waals surface area (Å²) in [7, 11) is -3.31. The summed E-state index contributed by atoms with van der Waals surface area (Å²) in [5.74, 6) is 1.82. The highest BCUT2D eigenvalue weighted by atomic mass is 28.4. The molecule has 0 rings (SSSR count). The molecular formula is C92H194O3Si2. The van der Waals surface area contributed by atoms with Crippen molar-refractivity contribution in [3.05, 3.63) is 0 Å². The Morgan fingerprint density at radius 1 is 0.196 bits per heavy atom. The summed E-state index contributed by atoms with van der Waals surface area (Å²) in [6.45, 7) is 47.2. The Kier molecular flexibility index (Phi) is 73.9. The molecule has 2 unspecified atom stereocenters. The Labute approximate surface area is 620 Å². The van der Waals surface area contributed by atoms with Crippen LogP contribution in [0.2, 0.25) is 38.3 Å². The minimum absolute atomic E-state index is 0.0160. The van der Waals surface area contributed by atoms with E-state index in [1.54, 1.807) is 0 Å². The van der Waals surface area contributed by atoms with Crippen LogP contribution in [0.1, 0.15) is 522 Å². The molecule has 0 fully saturated rings. The molecule has 0 saturated carbocycles. The van der Waals surface area contributed by atoms with Crippen LogP contribution in [0.3, 0.4) is 0 Å². The van der Waals surface area contributed by atoms with Crippen LogP contribution in [-0.2, 0) is 13.6 Å². The zero-order chi connectivity index (χ0) is 72.9. The topological polar surface area (TPSA) is 27.7 Å². The van der Waals surface area contributed by atoms with E-state index in [0.29, 0.717) is 0 Å². The summed E-state index contributed by atoms with van der Waals surface area (Å²) in [5, 5.41) is 0. The van der Waals surface area contributed by atoms with Gasteiger partial charge in [-0.2, -0.15) is 0 Å². The zero-order valence-electron chi connectivity index (χ0n) is 72.0. The summed E-state index contributed by atoms with van der Waals surface area (Å²) in [6, 6.07) is 2.81. The lowest BCUT2D eigenvalue weighted by Crippen LogP contribution is -2.46. The minimum Gasteiger partial charge on any atom is -0.455 e. The molecule has 0 spiro atoms. The van der Waals surface area contributed by atoms with Crippen molar-refractivity contribution in [2.75, 3.05) is 0 Å². The van der Waals surface area contributed by atoms with Crippen LogP contribution < -0.4 is 0 Å². The van der Waals surface area contributed by atoms with Crippen LogP contribution in [0.5, 0.6) is 0 Å². The van der Waals surface area contributed by atoms with Crippen LogP contribution in [0, 0.1) is 11.8 Å². The first-order valence-electron chi connectivity index (χ1n) is 45.5. The van der Waals surface area contributed by atoms with Gasteiger partial charge in [-0.15, -0.1) is 0 Å². The van der Waals surface area contributed by atoms with E-state index in [-0.39, 0.29) is 22.4 Å². The van der Waals surface area contributed by atoms with Gasteiger partial charge in [-0.1, -0.05) is 441 Å². The van der Waals surface area contributed by atoms with Crippen molar-refractivity contribution >= 4 is 16.6 Å². The van der Waals surface area contributed by atoms with Crippen molar-refractivity contribution in [3.63, 3.8) is 0 Å². The van der Waals surface area contributed by atoms with Crippen molar-refractivity contribution in [2.45, 2.75) is 582 Å². The van der Waals surface area contributed by atoms with Gasteiger partial charge >= 0.3 is 0 Å². The SMILES string of the molecule is CCCCCCCCC(CCCCCC)C[Si](C)(C)O[Si](C)(C)CC(CCCCCC)CCCCCCCC.CCCCCCCCCCC(C)(C)OC(C)(C)CCCCCCCCCC.CCCCCCCCCCCCC(C)(C)OC(C)(C)CCCCCCCCCCCC. The predicted molar refractivity (Wildman–Crippen MR) is 452 cm³/mol. The maximum Gasteiger partial charge on any atom is 0.173 e. The molecule has 0 N–H and O–H groups in total. The maximum absolute atomic E-state index is 7.34. The molecular weight excluding hydrogens is 1210 g/mol. The third-order valence-electron chi connectivity index (χ3n) is 21.6. The first kappa shape index (κ1) is 101. The van der Waals surface area contributed by atoms with Gasteiger partial charge in [0, 0.05) is 0 Å². The van der Waals surface area contributed by atoms with Gasteiger partial charge in [-0.3, -0.25) is 0 Å². The standard InChI is InChI=1S/C36H78OSi2.C30H62O.C26H54O/c1-9-13-17-21-23-27-31-35(29-25-19-15-11-3)33-38(5,6)37-39(7,8)34-36(30-26-20-16-12-4)32-28-24-22-18-14-10-2;1-7-9-11-13-15-17-19-21-23-25-27-29(3,4)31-30(5,6)28-26-24-22-20-18-16-14-12-10-8-2;1-7-9-11-13-15-17-19-21-23-25(3,4)27-26(5,6)24-22-20-18-16-14-12-10-8-2/h35-36H,9-34H2,1-8H3;7-28H2,1-6H3;7-24H2,1-6H3. The fourth-order valence-corrected chi connectivity index (χ4v) is 26.5. The van der Waals surface area contributed by atoms with E-state index < -0.39 is 16.6 Å². The lowest BCUT2D eigenvalue weighted by Gasteiger charge is -2.38. The molecule has 0 aromatic rings. The molecule has 0 saturated heterocycles. The molecule has 588 valence electrons. The van der Waals surface area contributed by atoms with Gasteiger partial charge in [-0.05, 0) is 131 Å². The van der Waals surface area contributed by atoms with Crippen LogP contribution in [-0.4, -0.2) is 39.0 Å². The maximum atomic E-state index is 7.34. The van der Waals surface area contributed by atoms with Gasteiger partial charge in [0.15, 0.2) is 16.6 Å². The molecule has 0 bridgehead atoms. The van der Waals surface area contributed by atoms with Crippen molar-refractivity contribution < 1.29 is 13.6 Å². The fraction of sp³-hybridized carbons (Fsp3) is 1.00. The highest BCUT2D eigenvalue weighted by Crippen LogP contribution is 2.36. The molecule has 3 nitrogen and oxygen atoms in total. The summed E-state index contributed by atoms with van der Waals surface area (Å²) >= 11 is 0. The van der Waals surface area contributed by atoms with Gasteiger partial charge in [0.25, 0.3) is 0 Å². The van der Waals surface area contributed by atoms with E-state index in [1.807, 2.05) is 0 Å². The Morgan fingerprint density at radius 3 is 0.495 bits per heavy atom. The third-order valence-corrected chi connectivity index (χ3v) is 29.2. The first-order valence-corrected chi connectivity index (χ1v) is 51.7. The van der Waals surface area contributed by atoms with Crippen LogP contribution >= 0.6 is 0 Å². The van der Waals surface area contributed by atoms with Gasteiger partial charge in [0.05, 0.1) is 22.4 Å². The van der Waals surface area contributed by atoms with E-state index in [2.05, 4.69) is 137 Å². The monoisotopic (exact) mass is 1400 g/mol. The molecule has 0 aromatic carbocycles. The quantitative estimate of drug-likeness (QED) is 0.0449. The Bertz CT molecular complexity index is 1410. The van der Waals surface area contributed by atoms with Crippen molar-refractivity contribution in [1.29, 1.82) is 0 Å². The molecule has 0 radical (unpaired) electrons. The number of hydrogen-bond acceptors (Lipinski definition) is 3. The van der Waals surface area contributed by atoms with Gasteiger partial charge < -0.3 is 13.6 Å². The minimum atomic E-state index is -1.65. The summed E-state index contributed by atoms with van der Waals surface area (Å²) in [6.07, 6.45) is 89.5. The van der Waals surface area contributed by atoms with Crippen molar-refractivity contribution in [3.8, 4) is 0 Å². The molecule has 0 aliphatic heterocycles. The zero-order valence-corrected chi connectivity index (χ0v) is 74.0. The lowest BCUT2D eigenvalue weighted by atomic mass is 9.94. The molecule has 0 aliphatic rings. The van der Waals surface area contributed by atoms with E-state index in [4.69, 9.17) is 13.6 Å². The number of hydrogen-bond donors (Lipinski definition) is 0. The Morgan fingerprint density at radius 2 is 0.330 bits per heavy atom. The van der Waals surface area contributed by atoms with Crippen LogP contribution in [0.25, 0.3) is 0 Å². The molecule has 97 heavy (non-hydrogen) atoms. The first-order chi connectivity index (χ1) is 46.3. The second kappa shape index (κ2) is 70.6. The predicted octanol–water partition coefficient (Wildman–Crippen LogP) is 34.9. The summed E-state index contributed by atoms with van der Waals surface area (Å²) in [4.78, 5) is 0. The number of ether oxygens (including phenoxy) is 2. The van der Waals surface area contributed by atoms with Gasteiger partial charge in [0.2, 0.25) is 0 Å². The summed E-state index contributed by atoms with van der Waals surface area (Å²) < 4.78 is 20.5. The smallest absolute Gasteiger partial charge is 0.173 e.